The summed E-state index contributed by atoms with van der Waals surface area (Å²) in [7, 11) is 4.59. The summed E-state index contributed by atoms with van der Waals surface area (Å²) in [5, 5.41) is 3.27. The Hall–Kier alpha value is -3.64. The lowest BCUT2D eigenvalue weighted by atomic mass is 10.1. The molecule has 0 saturated carbocycles. The smallest absolute Gasteiger partial charge is 0.248 e. The van der Waals surface area contributed by atoms with E-state index in [1.54, 1.807) is 43.5 Å². The Morgan fingerprint density at radius 2 is 1.58 bits per heavy atom. The molecule has 0 bridgehead atoms. The van der Waals surface area contributed by atoms with Gasteiger partial charge in [-0.1, -0.05) is 29.8 Å². The number of amides is 1. The van der Waals surface area contributed by atoms with Crippen LogP contribution in [0.1, 0.15) is 5.56 Å². The van der Waals surface area contributed by atoms with Crippen LogP contribution in [0.2, 0.25) is 5.02 Å². The number of nitrogens with one attached hydrogen (secondary N) is 1. The van der Waals surface area contributed by atoms with Crippen molar-refractivity contribution in [2.24, 2.45) is 0 Å². The molecule has 0 fully saturated rings. The Balaban J connectivity index is 1.81. The van der Waals surface area contributed by atoms with Crippen molar-refractivity contribution in [1.29, 1.82) is 0 Å². The molecule has 0 heterocycles. The van der Waals surface area contributed by atoms with Crippen LogP contribution in [0.3, 0.4) is 0 Å². The number of methoxy groups -OCH3 is 3. The molecule has 0 aliphatic rings. The number of carbonyl (C=O) groups excluding carboxylic acids is 1. The van der Waals surface area contributed by atoms with Gasteiger partial charge in [0.2, 0.25) is 11.7 Å². The highest BCUT2D eigenvalue weighted by Crippen LogP contribution is 2.40. The quantitative estimate of drug-likeness (QED) is 0.448. The maximum atomic E-state index is 12.6. The summed E-state index contributed by atoms with van der Waals surface area (Å²) in [5.41, 5.74) is 1.10. The Kier molecular flexibility index (Phi) is 7.40. The third-order valence-electron chi connectivity index (χ3n) is 4.32. The highest BCUT2D eigenvalue weighted by atomic mass is 35.5. The average molecular weight is 440 g/mol. The van der Waals surface area contributed by atoms with E-state index in [-0.39, 0.29) is 5.91 Å². The summed E-state index contributed by atoms with van der Waals surface area (Å²) in [6, 6.07) is 17.8. The molecule has 0 radical (unpaired) electrons. The summed E-state index contributed by atoms with van der Waals surface area (Å²) >= 11 is 6.11. The van der Waals surface area contributed by atoms with Crippen molar-refractivity contribution in [3.05, 3.63) is 77.3 Å². The number of hydrogen-bond acceptors (Lipinski definition) is 5. The van der Waals surface area contributed by atoms with Crippen LogP contribution in [0.4, 0.5) is 5.69 Å². The van der Waals surface area contributed by atoms with Crippen LogP contribution in [-0.2, 0) is 4.79 Å². The number of halogens is 1. The standard InChI is InChI=1S/C24H22ClNO5/c1-28-21-12-9-16(23(29-2)24(21)30-3)10-14-22(27)26-19-15-17(25)11-13-20(19)31-18-7-5-4-6-8-18/h4-15H,1-3H3,(H,26,27)/b14-10+. The third kappa shape index (κ3) is 5.49. The minimum Gasteiger partial charge on any atom is -0.493 e. The maximum absolute atomic E-state index is 12.6. The van der Waals surface area contributed by atoms with Crippen molar-refractivity contribution in [1.82, 2.24) is 0 Å². The van der Waals surface area contributed by atoms with E-state index in [0.717, 1.165) is 0 Å². The van der Waals surface area contributed by atoms with Crippen LogP contribution < -0.4 is 24.3 Å². The highest BCUT2D eigenvalue weighted by Gasteiger charge is 2.15. The molecule has 3 aromatic rings. The van der Waals surface area contributed by atoms with Crippen LogP contribution in [0.15, 0.2) is 66.7 Å². The number of rotatable bonds is 8. The molecule has 160 valence electrons. The fourth-order valence-corrected chi connectivity index (χ4v) is 3.07. The lowest BCUT2D eigenvalue weighted by molar-refractivity contribution is -0.111. The van der Waals surface area contributed by atoms with E-state index in [0.29, 0.717) is 45.0 Å². The van der Waals surface area contributed by atoms with Gasteiger partial charge in [-0.25, -0.2) is 0 Å². The second-order valence-corrected chi connectivity index (χ2v) is 6.74. The normalized spacial score (nSPS) is 10.6. The van der Waals surface area contributed by atoms with Crippen LogP contribution in [0.5, 0.6) is 28.7 Å². The van der Waals surface area contributed by atoms with Gasteiger partial charge in [0.05, 0.1) is 27.0 Å². The molecule has 31 heavy (non-hydrogen) atoms. The number of carbonyl (C=O) groups is 1. The summed E-state index contributed by atoms with van der Waals surface area (Å²) in [4.78, 5) is 12.6. The van der Waals surface area contributed by atoms with E-state index in [9.17, 15) is 4.79 Å². The minimum atomic E-state index is -0.364. The van der Waals surface area contributed by atoms with Gasteiger partial charge in [0.25, 0.3) is 0 Å². The zero-order chi connectivity index (χ0) is 22.2. The Labute approximate surface area is 186 Å². The van der Waals surface area contributed by atoms with Gasteiger partial charge in [-0.2, -0.15) is 0 Å². The third-order valence-corrected chi connectivity index (χ3v) is 4.55. The number of ether oxygens (including phenoxy) is 4. The highest BCUT2D eigenvalue weighted by molar-refractivity contribution is 6.31. The first-order valence-electron chi connectivity index (χ1n) is 9.36. The largest absolute Gasteiger partial charge is 0.493 e. The van der Waals surface area contributed by atoms with Crippen molar-refractivity contribution in [3.63, 3.8) is 0 Å². The SMILES string of the molecule is COc1ccc(/C=C/C(=O)Nc2cc(Cl)ccc2Oc2ccccc2)c(OC)c1OC. The first-order chi connectivity index (χ1) is 15.0. The van der Waals surface area contributed by atoms with Gasteiger partial charge < -0.3 is 24.3 Å². The maximum Gasteiger partial charge on any atom is 0.248 e. The van der Waals surface area contributed by atoms with E-state index in [1.165, 1.54) is 20.3 Å². The van der Waals surface area contributed by atoms with Gasteiger partial charge >= 0.3 is 0 Å². The number of anilines is 1. The van der Waals surface area contributed by atoms with Gasteiger partial charge in [-0.3, -0.25) is 4.79 Å². The number of para-hydroxylation sites is 1. The molecule has 0 aromatic heterocycles. The van der Waals surface area contributed by atoms with E-state index >= 15 is 0 Å². The summed E-state index contributed by atoms with van der Waals surface area (Å²) in [6.45, 7) is 0. The first-order valence-corrected chi connectivity index (χ1v) is 9.74. The molecule has 0 aliphatic heterocycles. The second-order valence-electron chi connectivity index (χ2n) is 6.30. The summed E-state index contributed by atoms with van der Waals surface area (Å²) in [5.74, 6) is 2.19. The molecule has 0 aliphatic carbocycles. The molecule has 0 atom stereocenters. The first kappa shape index (κ1) is 22.1. The molecule has 3 rings (SSSR count). The molecular formula is C24H22ClNO5. The monoisotopic (exact) mass is 439 g/mol. The van der Waals surface area contributed by atoms with E-state index in [4.69, 9.17) is 30.5 Å². The zero-order valence-corrected chi connectivity index (χ0v) is 18.1. The topological polar surface area (TPSA) is 66.0 Å². The number of benzene rings is 3. The molecule has 6 nitrogen and oxygen atoms in total. The van der Waals surface area contributed by atoms with Crippen molar-refractivity contribution >= 4 is 29.3 Å². The van der Waals surface area contributed by atoms with Gasteiger partial charge in [0.1, 0.15) is 5.75 Å². The Morgan fingerprint density at radius 3 is 2.26 bits per heavy atom. The summed E-state index contributed by atoms with van der Waals surface area (Å²) < 4.78 is 22.0. The van der Waals surface area contributed by atoms with E-state index < -0.39 is 0 Å². The van der Waals surface area contributed by atoms with E-state index in [2.05, 4.69) is 5.32 Å². The van der Waals surface area contributed by atoms with Crippen molar-refractivity contribution in [2.45, 2.75) is 0 Å². The van der Waals surface area contributed by atoms with Gasteiger partial charge in [-0.05, 0) is 48.5 Å². The van der Waals surface area contributed by atoms with Crippen LogP contribution in [0.25, 0.3) is 6.08 Å². The van der Waals surface area contributed by atoms with Crippen molar-refractivity contribution < 1.29 is 23.7 Å². The molecule has 0 unspecified atom stereocenters. The average Bonchev–Trinajstić information content (AvgIpc) is 2.79. The molecule has 1 N–H and O–H groups in total. The molecule has 7 heteroatoms. The van der Waals surface area contributed by atoms with Gasteiger partial charge in [0.15, 0.2) is 17.2 Å². The lowest BCUT2D eigenvalue weighted by Gasteiger charge is -2.14. The van der Waals surface area contributed by atoms with Gasteiger partial charge in [-0.15, -0.1) is 0 Å². The molecule has 0 spiro atoms. The molecule has 1 amide bonds. The predicted octanol–water partition coefficient (Wildman–Crippen LogP) is 5.81. The fourth-order valence-electron chi connectivity index (χ4n) is 2.90. The van der Waals surface area contributed by atoms with Crippen molar-refractivity contribution in [3.8, 4) is 28.7 Å². The lowest BCUT2D eigenvalue weighted by Crippen LogP contribution is -2.09. The minimum absolute atomic E-state index is 0.364. The fraction of sp³-hybridized carbons (Fsp3) is 0.125. The Bertz CT molecular complexity index is 1080. The van der Waals surface area contributed by atoms with Crippen LogP contribution in [-0.4, -0.2) is 27.2 Å². The van der Waals surface area contributed by atoms with E-state index in [1.807, 2.05) is 30.3 Å². The van der Waals surface area contributed by atoms with Crippen LogP contribution >= 0.6 is 11.6 Å². The van der Waals surface area contributed by atoms with Gasteiger partial charge in [0, 0.05) is 16.7 Å². The predicted molar refractivity (Wildman–Crippen MR) is 122 cm³/mol. The molecule has 0 saturated heterocycles. The second kappa shape index (κ2) is 10.4. The zero-order valence-electron chi connectivity index (χ0n) is 17.3. The Morgan fingerprint density at radius 1 is 0.871 bits per heavy atom. The summed E-state index contributed by atoms with van der Waals surface area (Å²) in [6.07, 6.45) is 3.01. The van der Waals surface area contributed by atoms with Crippen LogP contribution in [0, 0.1) is 0 Å². The molecular weight excluding hydrogens is 418 g/mol. The van der Waals surface area contributed by atoms with Crippen molar-refractivity contribution in [2.75, 3.05) is 26.6 Å². The number of hydrogen-bond donors (Lipinski definition) is 1. The molecule has 3 aromatic carbocycles.